The molecule has 0 bridgehead atoms. The minimum atomic E-state index is 0.610. The first-order chi connectivity index (χ1) is 7.70. The highest BCUT2D eigenvalue weighted by atomic mass is 79.9. The van der Waals surface area contributed by atoms with Gasteiger partial charge >= 0.3 is 0 Å². The van der Waals surface area contributed by atoms with Crippen LogP contribution in [0.15, 0.2) is 34.9 Å². The lowest BCUT2D eigenvalue weighted by Gasteiger charge is -1.99. The van der Waals surface area contributed by atoms with E-state index in [1.807, 2.05) is 29.9 Å². The van der Waals surface area contributed by atoms with E-state index in [4.69, 9.17) is 5.73 Å². The molecule has 0 amide bonds. The molecule has 16 heavy (non-hydrogen) atoms. The Labute approximate surface area is 103 Å². The number of hydrogen-bond acceptors (Lipinski definition) is 2. The highest BCUT2D eigenvalue weighted by Gasteiger charge is 2.06. The topological polar surface area (TPSA) is 43.8 Å². The molecule has 0 saturated heterocycles. The summed E-state index contributed by atoms with van der Waals surface area (Å²) < 4.78 is 2.97. The monoisotopic (exact) mass is 279 g/mol. The average molecular weight is 280 g/mol. The summed E-state index contributed by atoms with van der Waals surface area (Å²) in [7, 11) is 0. The Kier molecular flexibility index (Phi) is 3.41. The number of nitrogens with two attached hydrogens (primary N) is 1. The van der Waals surface area contributed by atoms with Crippen LogP contribution in [0.2, 0.25) is 0 Å². The van der Waals surface area contributed by atoms with Gasteiger partial charge in [0.2, 0.25) is 0 Å². The number of aromatic nitrogens is 2. The van der Waals surface area contributed by atoms with Crippen LogP contribution in [-0.2, 0) is 6.54 Å². The highest BCUT2D eigenvalue weighted by Crippen LogP contribution is 2.25. The smallest absolute Gasteiger partial charge is 0.0672 e. The fourth-order valence-electron chi connectivity index (χ4n) is 1.70. The minimum Gasteiger partial charge on any atom is -0.329 e. The van der Waals surface area contributed by atoms with E-state index in [0.29, 0.717) is 6.54 Å². The summed E-state index contributed by atoms with van der Waals surface area (Å²) in [6, 6.07) is 8.22. The minimum absolute atomic E-state index is 0.610. The fourth-order valence-corrected chi connectivity index (χ4v) is 2.10. The van der Waals surface area contributed by atoms with Crippen LogP contribution < -0.4 is 5.73 Å². The van der Waals surface area contributed by atoms with Crippen molar-refractivity contribution in [2.45, 2.75) is 13.5 Å². The first-order valence-electron chi connectivity index (χ1n) is 5.21. The Bertz CT molecular complexity index is 491. The summed E-state index contributed by atoms with van der Waals surface area (Å²) in [6.45, 7) is 3.39. The van der Waals surface area contributed by atoms with Gasteiger partial charge < -0.3 is 5.73 Å². The molecule has 0 unspecified atom stereocenters. The molecule has 0 radical (unpaired) electrons. The van der Waals surface area contributed by atoms with Gasteiger partial charge in [0.25, 0.3) is 0 Å². The summed E-state index contributed by atoms with van der Waals surface area (Å²) in [5, 5.41) is 4.43. The zero-order valence-electron chi connectivity index (χ0n) is 9.15. The third-order valence-electron chi connectivity index (χ3n) is 2.44. The van der Waals surface area contributed by atoms with Crippen LogP contribution >= 0.6 is 15.9 Å². The average Bonchev–Trinajstić information content (AvgIpc) is 2.60. The predicted octanol–water partition coefficient (Wildman–Crippen LogP) is 2.58. The summed E-state index contributed by atoms with van der Waals surface area (Å²) in [4.78, 5) is 0. The second-order valence-electron chi connectivity index (χ2n) is 3.69. The summed E-state index contributed by atoms with van der Waals surface area (Å²) in [6.07, 6.45) is 2.05. The van der Waals surface area contributed by atoms with E-state index in [2.05, 4.69) is 33.2 Å². The molecular formula is C12H14BrN3. The lowest BCUT2D eigenvalue weighted by Crippen LogP contribution is -2.10. The second kappa shape index (κ2) is 4.80. The van der Waals surface area contributed by atoms with Crippen LogP contribution in [0.5, 0.6) is 0 Å². The first-order valence-corrected chi connectivity index (χ1v) is 6.00. The normalized spacial score (nSPS) is 10.7. The lowest BCUT2D eigenvalue weighted by molar-refractivity contribution is 0.620. The van der Waals surface area contributed by atoms with Crippen molar-refractivity contribution in [2.24, 2.45) is 5.73 Å². The number of nitrogens with zero attached hydrogens (tertiary/aromatic N) is 2. The van der Waals surface area contributed by atoms with Gasteiger partial charge in [-0.15, -0.1) is 0 Å². The molecule has 1 heterocycles. The van der Waals surface area contributed by atoms with Crippen LogP contribution in [0.3, 0.4) is 0 Å². The number of benzene rings is 1. The molecule has 0 atom stereocenters. The number of hydrogen-bond donors (Lipinski definition) is 1. The quantitative estimate of drug-likeness (QED) is 0.939. The van der Waals surface area contributed by atoms with E-state index in [1.54, 1.807) is 0 Å². The van der Waals surface area contributed by atoms with Crippen LogP contribution in [-0.4, -0.2) is 16.3 Å². The Morgan fingerprint density at radius 3 is 2.94 bits per heavy atom. The molecule has 0 spiro atoms. The zero-order valence-corrected chi connectivity index (χ0v) is 10.7. The van der Waals surface area contributed by atoms with Gasteiger partial charge in [-0.1, -0.05) is 28.1 Å². The lowest BCUT2D eigenvalue weighted by atomic mass is 10.1. The van der Waals surface area contributed by atoms with Crippen molar-refractivity contribution in [3.05, 3.63) is 40.6 Å². The predicted molar refractivity (Wildman–Crippen MR) is 69.2 cm³/mol. The molecule has 2 rings (SSSR count). The molecular weight excluding hydrogens is 266 g/mol. The van der Waals surface area contributed by atoms with E-state index < -0.39 is 0 Å². The van der Waals surface area contributed by atoms with E-state index in [0.717, 1.165) is 22.3 Å². The molecule has 0 aliphatic heterocycles. The van der Waals surface area contributed by atoms with Gasteiger partial charge in [0.1, 0.15) is 0 Å². The number of rotatable bonds is 3. The van der Waals surface area contributed by atoms with Crippen molar-refractivity contribution in [3.8, 4) is 11.1 Å². The van der Waals surface area contributed by atoms with Gasteiger partial charge in [-0.2, -0.15) is 5.10 Å². The van der Waals surface area contributed by atoms with E-state index in [1.165, 1.54) is 5.56 Å². The molecule has 84 valence electrons. The van der Waals surface area contributed by atoms with Crippen molar-refractivity contribution in [3.63, 3.8) is 0 Å². The maximum Gasteiger partial charge on any atom is 0.0672 e. The summed E-state index contributed by atoms with van der Waals surface area (Å²) in [5.74, 6) is 0. The second-order valence-corrected chi connectivity index (χ2v) is 4.61. The number of aryl methyl sites for hydroxylation is 1. The van der Waals surface area contributed by atoms with Crippen LogP contribution in [0, 0.1) is 6.92 Å². The van der Waals surface area contributed by atoms with Crippen LogP contribution in [0.25, 0.3) is 11.1 Å². The van der Waals surface area contributed by atoms with Crippen molar-refractivity contribution >= 4 is 15.9 Å². The van der Waals surface area contributed by atoms with Crippen LogP contribution in [0.1, 0.15) is 5.69 Å². The van der Waals surface area contributed by atoms with Crippen molar-refractivity contribution in [1.29, 1.82) is 0 Å². The molecule has 4 heteroatoms. The van der Waals surface area contributed by atoms with Gasteiger partial charge in [0.05, 0.1) is 12.2 Å². The van der Waals surface area contributed by atoms with Crippen molar-refractivity contribution in [2.75, 3.05) is 6.54 Å². The first kappa shape index (κ1) is 11.4. The summed E-state index contributed by atoms with van der Waals surface area (Å²) >= 11 is 3.47. The van der Waals surface area contributed by atoms with Gasteiger partial charge in [-0.25, -0.2) is 0 Å². The fraction of sp³-hybridized carbons (Fsp3) is 0.250. The Hall–Kier alpha value is -1.13. The van der Waals surface area contributed by atoms with Crippen LogP contribution in [0.4, 0.5) is 0 Å². The molecule has 1 aromatic heterocycles. The zero-order chi connectivity index (χ0) is 11.5. The number of halogens is 1. The van der Waals surface area contributed by atoms with Gasteiger partial charge in [-0.05, 0) is 24.6 Å². The van der Waals surface area contributed by atoms with Gasteiger partial charge in [-0.3, -0.25) is 4.68 Å². The Balaban J connectivity index is 2.40. The molecule has 0 saturated carbocycles. The van der Waals surface area contributed by atoms with Crippen molar-refractivity contribution in [1.82, 2.24) is 9.78 Å². The molecule has 0 aliphatic rings. The Morgan fingerprint density at radius 1 is 1.44 bits per heavy atom. The molecule has 2 N–H and O–H groups in total. The van der Waals surface area contributed by atoms with E-state index in [9.17, 15) is 0 Å². The SMILES string of the molecule is Cc1nn(CCN)cc1-c1cccc(Br)c1. The third-order valence-corrected chi connectivity index (χ3v) is 2.93. The van der Waals surface area contributed by atoms with Gasteiger partial charge in [0.15, 0.2) is 0 Å². The maximum atomic E-state index is 5.51. The molecule has 1 aromatic carbocycles. The molecule has 2 aromatic rings. The van der Waals surface area contributed by atoms with Crippen molar-refractivity contribution < 1.29 is 0 Å². The highest BCUT2D eigenvalue weighted by molar-refractivity contribution is 9.10. The molecule has 0 fully saturated rings. The van der Waals surface area contributed by atoms with E-state index >= 15 is 0 Å². The molecule has 0 aliphatic carbocycles. The standard InChI is InChI=1S/C12H14BrN3/c1-9-12(8-16(15-9)6-5-14)10-3-2-4-11(13)7-10/h2-4,7-8H,5-6,14H2,1H3. The Morgan fingerprint density at radius 2 is 2.25 bits per heavy atom. The maximum absolute atomic E-state index is 5.51. The molecule has 3 nitrogen and oxygen atoms in total. The van der Waals surface area contributed by atoms with Gasteiger partial charge in [0, 0.05) is 22.8 Å². The third kappa shape index (κ3) is 2.33. The largest absolute Gasteiger partial charge is 0.329 e. The summed E-state index contributed by atoms with van der Waals surface area (Å²) in [5.41, 5.74) is 8.89. The van der Waals surface area contributed by atoms with E-state index in [-0.39, 0.29) is 0 Å².